The third kappa shape index (κ3) is 10.7. The van der Waals surface area contributed by atoms with E-state index in [4.69, 9.17) is 5.73 Å². The average Bonchev–Trinajstić information content (AvgIpc) is 3.28. The maximum atomic E-state index is 14.4. The highest BCUT2D eigenvalue weighted by Crippen LogP contribution is 2.25. The number of benzene rings is 6. The van der Waals surface area contributed by atoms with Crippen molar-refractivity contribution < 1.29 is 29.1 Å². The second-order valence-electron chi connectivity index (χ2n) is 15.4. The summed E-state index contributed by atoms with van der Waals surface area (Å²) in [6.07, 6.45) is 1.17. The van der Waals surface area contributed by atoms with Crippen molar-refractivity contribution in [2.24, 2.45) is 5.73 Å². The summed E-state index contributed by atoms with van der Waals surface area (Å²) >= 11 is 0. The standard InChI is InChI=1S/C50H49N5O6/c51-42(28-35-22-24-38(25-23-35)46(56)52-27-26-37-20-11-19-36-16-9-10-21-41(36)37)49(59)55-32-40-18-8-7-17-39(40)31-45(55)48(58)53-43(29-33-12-3-1-4-13-33)47(57)54-44(50(60)61)30-34-14-5-2-6-15-34/h1-25,42-45H,26-32,51H2,(H,52,56)(H,53,58)(H,54,57)(H,60,61)/t42-,43-,44-,45-/m0/s1. The Morgan fingerprint density at radius 3 is 1.92 bits per heavy atom. The van der Waals surface area contributed by atoms with Gasteiger partial charge in [0.15, 0.2) is 0 Å². The molecule has 11 nitrogen and oxygen atoms in total. The molecule has 4 amide bonds. The molecule has 1 aliphatic heterocycles. The van der Waals surface area contributed by atoms with Gasteiger partial charge >= 0.3 is 5.97 Å². The first-order valence-corrected chi connectivity index (χ1v) is 20.5. The number of hydrogen-bond donors (Lipinski definition) is 5. The number of carbonyl (C=O) groups excluding carboxylic acids is 4. The molecule has 4 atom stereocenters. The van der Waals surface area contributed by atoms with E-state index in [1.54, 1.807) is 48.5 Å². The molecule has 61 heavy (non-hydrogen) atoms. The van der Waals surface area contributed by atoms with Gasteiger partial charge in [-0.05, 0) is 69.1 Å². The zero-order valence-electron chi connectivity index (χ0n) is 33.7. The van der Waals surface area contributed by atoms with Gasteiger partial charge in [-0.25, -0.2) is 4.79 Å². The van der Waals surface area contributed by atoms with Crippen LogP contribution in [0.25, 0.3) is 10.8 Å². The smallest absolute Gasteiger partial charge is 0.326 e. The Balaban J connectivity index is 1.02. The Kier molecular flexibility index (Phi) is 13.6. The number of nitrogens with one attached hydrogen (secondary N) is 3. The number of carboxylic acids is 1. The number of aliphatic carboxylic acids is 1. The van der Waals surface area contributed by atoms with Gasteiger partial charge in [0.2, 0.25) is 17.7 Å². The van der Waals surface area contributed by atoms with Crippen molar-refractivity contribution in [2.75, 3.05) is 6.54 Å². The zero-order valence-corrected chi connectivity index (χ0v) is 33.7. The first-order valence-electron chi connectivity index (χ1n) is 20.5. The second kappa shape index (κ2) is 19.8. The van der Waals surface area contributed by atoms with Crippen LogP contribution in [0.15, 0.2) is 152 Å². The number of carbonyl (C=O) groups is 5. The van der Waals surface area contributed by atoms with E-state index >= 15 is 0 Å². The third-order valence-corrected chi connectivity index (χ3v) is 11.2. The van der Waals surface area contributed by atoms with Gasteiger partial charge in [0.1, 0.15) is 18.1 Å². The van der Waals surface area contributed by atoms with Crippen LogP contribution in [0.2, 0.25) is 0 Å². The molecule has 0 radical (unpaired) electrons. The SMILES string of the molecule is N[C@@H](Cc1ccc(C(=O)NCCc2cccc3ccccc23)cc1)C(=O)N1Cc2ccccc2C[C@H]1C(=O)N[C@@H](Cc1ccccc1)C(=O)N[C@@H](Cc1ccccc1)C(=O)O. The molecule has 0 bridgehead atoms. The summed E-state index contributed by atoms with van der Waals surface area (Å²) < 4.78 is 0. The minimum Gasteiger partial charge on any atom is -0.480 e. The van der Waals surface area contributed by atoms with Crippen molar-refractivity contribution >= 4 is 40.4 Å². The highest BCUT2D eigenvalue weighted by Gasteiger charge is 2.38. The fourth-order valence-electron chi connectivity index (χ4n) is 7.91. The van der Waals surface area contributed by atoms with E-state index in [0.29, 0.717) is 18.5 Å². The number of fused-ring (bicyclic) bond motifs is 2. The molecular weight excluding hydrogens is 767 g/mol. The van der Waals surface area contributed by atoms with Crippen LogP contribution in [0, 0.1) is 0 Å². The number of rotatable bonds is 16. The van der Waals surface area contributed by atoms with Crippen molar-refractivity contribution in [3.8, 4) is 0 Å². The summed E-state index contributed by atoms with van der Waals surface area (Å²) in [5, 5.41) is 20.9. The van der Waals surface area contributed by atoms with E-state index in [2.05, 4.69) is 40.2 Å². The fraction of sp³-hybridized carbons (Fsp3) is 0.220. The minimum absolute atomic E-state index is 0.0516. The van der Waals surface area contributed by atoms with Crippen molar-refractivity contribution in [3.05, 3.63) is 191 Å². The van der Waals surface area contributed by atoms with Gasteiger partial charge in [0.05, 0.1) is 6.04 Å². The molecule has 7 rings (SSSR count). The molecule has 0 saturated carbocycles. The minimum atomic E-state index is -1.24. The van der Waals surface area contributed by atoms with E-state index in [1.165, 1.54) is 4.90 Å². The van der Waals surface area contributed by atoms with E-state index < -0.39 is 47.9 Å². The van der Waals surface area contributed by atoms with Gasteiger partial charge in [-0.2, -0.15) is 0 Å². The normalized spacial score (nSPS) is 14.8. The van der Waals surface area contributed by atoms with Crippen molar-refractivity contribution in [2.45, 2.75) is 62.8 Å². The second-order valence-corrected chi connectivity index (χ2v) is 15.4. The van der Waals surface area contributed by atoms with Gasteiger partial charge in [0, 0.05) is 37.9 Å². The monoisotopic (exact) mass is 815 g/mol. The van der Waals surface area contributed by atoms with Crippen LogP contribution in [0.5, 0.6) is 0 Å². The summed E-state index contributed by atoms with van der Waals surface area (Å²) in [5.74, 6) is -3.07. The van der Waals surface area contributed by atoms with E-state index in [1.807, 2.05) is 78.9 Å². The maximum Gasteiger partial charge on any atom is 0.326 e. The van der Waals surface area contributed by atoms with Crippen molar-refractivity contribution in [3.63, 3.8) is 0 Å². The topological polar surface area (TPSA) is 171 Å². The summed E-state index contributed by atoms with van der Waals surface area (Å²) in [6, 6.07) is 42.5. The number of carboxylic acid groups (broad SMARTS) is 1. The Morgan fingerprint density at radius 1 is 0.639 bits per heavy atom. The molecule has 6 N–H and O–H groups in total. The van der Waals surface area contributed by atoms with Crippen LogP contribution >= 0.6 is 0 Å². The lowest BCUT2D eigenvalue weighted by molar-refractivity contribution is -0.144. The molecule has 1 aliphatic rings. The van der Waals surface area contributed by atoms with E-state index in [9.17, 15) is 29.1 Å². The molecular formula is C50H49N5O6. The number of hydrogen-bond acceptors (Lipinski definition) is 6. The molecule has 0 unspecified atom stereocenters. The third-order valence-electron chi connectivity index (χ3n) is 11.2. The fourth-order valence-corrected chi connectivity index (χ4v) is 7.91. The van der Waals surface area contributed by atoms with Gasteiger partial charge in [0.25, 0.3) is 5.91 Å². The molecule has 310 valence electrons. The lowest BCUT2D eigenvalue weighted by Crippen LogP contribution is -2.60. The van der Waals surface area contributed by atoms with Crippen molar-refractivity contribution in [1.82, 2.24) is 20.9 Å². The molecule has 1 heterocycles. The lowest BCUT2D eigenvalue weighted by Gasteiger charge is -2.38. The summed E-state index contributed by atoms with van der Waals surface area (Å²) in [5.41, 5.74) is 12.2. The van der Waals surface area contributed by atoms with Gasteiger partial charge in [-0.3, -0.25) is 19.2 Å². The van der Waals surface area contributed by atoms with Crippen LogP contribution in [0.1, 0.15) is 43.7 Å². The largest absolute Gasteiger partial charge is 0.480 e. The Morgan fingerprint density at radius 2 is 1.23 bits per heavy atom. The molecule has 0 saturated heterocycles. The van der Waals surface area contributed by atoms with E-state index in [0.717, 1.165) is 44.2 Å². The molecule has 0 aliphatic carbocycles. The van der Waals surface area contributed by atoms with Gasteiger partial charge < -0.3 is 31.7 Å². The van der Waals surface area contributed by atoms with Gasteiger partial charge in [-0.1, -0.05) is 140 Å². The first kappa shape index (κ1) is 42.0. The summed E-state index contributed by atoms with van der Waals surface area (Å²) in [6.45, 7) is 0.600. The Labute approximate surface area is 355 Å². The summed E-state index contributed by atoms with van der Waals surface area (Å²) in [7, 11) is 0. The van der Waals surface area contributed by atoms with Crippen LogP contribution < -0.4 is 21.7 Å². The highest BCUT2D eigenvalue weighted by molar-refractivity contribution is 5.96. The van der Waals surface area contributed by atoms with E-state index in [-0.39, 0.29) is 38.1 Å². The van der Waals surface area contributed by atoms with Crippen molar-refractivity contribution in [1.29, 1.82) is 0 Å². The molecule has 6 aromatic rings. The lowest BCUT2D eigenvalue weighted by atomic mass is 9.92. The predicted octanol–water partition coefficient (Wildman–Crippen LogP) is 5.18. The van der Waals surface area contributed by atoms with Crippen LogP contribution in [0.3, 0.4) is 0 Å². The molecule has 0 fully saturated rings. The predicted molar refractivity (Wildman–Crippen MR) is 234 cm³/mol. The molecule has 0 aromatic heterocycles. The first-order chi connectivity index (χ1) is 29.6. The number of amides is 4. The molecule has 6 aromatic carbocycles. The van der Waals surface area contributed by atoms with Gasteiger partial charge in [-0.15, -0.1) is 0 Å². The Hall–Kier alpha value is -7.11. The molecule has 11 heteroatoms. The van der Waals surface area contributed by atoms with Crippen LogP contribution in [-0.2, 0) is 57.8 Å². The zero-order chi connectivity index (χ0) is 42.7. The Bertz CT molecular complexity index is 2490. The average molecular weight is 816 g/mol. The maximum absolute atomic E-state index is 14.4. The molecule has 0 spiro atoms. The summed E-state index contributed by atoms with van der Waals surface area (Å²) in [4.78, 5) is 69.3. The highest BCUT2D eigenvalue weighted by atomic mass is 16.4. The number of nitrogens with two attached hydrogens (primary N) is 1. The van der Waals surface area contributed by atoms with Crippen LogP contribution in [0.4, 0.5) is 0 Å². The van der Waals surface area contributed by atoms with Crippen LogP contribution in [-0.4, -0.2) is 70.3 Å². The quantitative estimate of drug-likeness (QED) is 0.0897. The number of nitrogens with zero attached hydrogens (tertiary/aromatic N) is 1.